The van der Waals surface area contributed by atoms with E-state index in [-0.39, 0.29) is 12.1 Å². The van der Waals surface area contributed by atoms with Gasteiger partial charge >= 0.3 is 6.03 Å². The SMILES string of the molecule is C[C@@H]1CN(c2ncc(C(C)(C)O)cc2Cl)CCN1C(=O)Nc1ccc([Si](C)(C)C)cc1. The number of halogens is 1. The molecule has 1 aromatic heterocycles. The van der Waals surface area contributed by atoms with E-state index < -0.39 is 13.7 Å². The number of nitrogens with zero attached hydrogens (tertiary/aromatic N) is 3. The summed E-state index contributed by atoms with van der Waals surface area (Å²) in [5.41, 5.74) is 0.494. The number of nitrogens with one attached hydrogen (secondary N) is 1. The van der Waals surface area contributed by atoms with Crippen LogP contribution < -0.4 is 15.4 Å². The van der Waals surface area contributed by atoms with E-state index in [2.05, 4.69) is 47.0 Å². The highest BCUT2D eigenvalue weighted by molar-refractivity contribution is 6.88. The Morgan fingerprint density at radius 1 is 1.23 bits per heavy atom. The van der Waals surface area contributed by atoms with Gasteiger partial charge in [-0.2, -0.15) is 0 Å². The van der Waals surface area contributed by atoms with Gasteiger partial charge < -0.3 is 20.2 Å². The van der Waals surface area contributed by atoms with E-state index in [1.165, 1.54) is 5.19 Å². The lowest BCUT2D eigenvalue weighted by Crippen LogP contribution is -2.55. The normalized spacial score (nSPS) is 17.6. The third kappa shape index (κ3) is 5.59. The van der Waals surface area contributed by atoms with Crippen molar-refractivity contribution in [2.24, 2.45) is 0 Å². The zero-order valence-corrected chi connectivity index (χ0v) is 21.0. The summed E-state index contributed by atoms with van der Waals surface area (Å²) in [5.74, 6) is 0.684. The Hall–Kier alpha value is -2.09. The van der Waals surface area contributed by atoms with Gasteiger partial charge in [-0.3, -0.25) is 0 Å². The van der Waals surface area contributed by atoms with Crippen molar-refractivity contribution in [1.82, 2.24) is 9.88 Å². The van der Waals surface area contributed by atoms with Crippen LogP contribution in [0.4, 0.5) is 16.3 Å². The number of aromatic nitrogens is 1. The number of anilines is 2. The van der Waals surface area contributed by atoms with Crippen LogP contribution in [0.5, 0.6) is 0 Å². The Bertz CT molecular complexity index is 938. The maximum Gasteiger partial charge on any atom is 0.322 e. The lowest BCUT2D eigenvalue weighted by Gasteiger charge is -2.40. The first-order valence-corrected chi connectivity index (χ1v) is 14.6. The molecule has 2 aromatic rings. The zero-order valence-electron chi connectivity index (χ0n) is 19.2. The number of piperazine rings is 1. The molecule has 1 fully saturated rings. The summed E-state index contributed by atoms with van der Waals surface area (Å²) in [4.78, 5) is 21.3. The Kier molecular flexibility index (Phi) is 6.69. The number of hydrogen-bond donors (Lipinski definition) is 2. The van der Waals surface area contributed by atoms with Gasteiger partial charge in [0, 0.05) is 43.1 Å². The Morgan fingerprint density at radius 3 is 2.39 bits per heavy atom. The van der Waals surface area contributed by atoms with Crippen LogP contribution in [0.1, 0.15) is 26.3 Å². The Morgan fingerprint density at radius 2 is 1.87 bits per heavy atom. The monoisotopic (exact) mass is 460 g/mol. The lowest BCUT2D eigenvalue weighted by atomic mass is 10.0. The van der Waals surface area contributed by atoms with Crippen molar-refractivity contribution in [3.8, 4) is 0 Å². The molecule has 1 atom stereocenters. The number of carbonyl (C=O) groups excluding carboxylic acids is 1. The predicted molar refractivity (Wildman–Crippen MR) is 131 cm³/mol. The van der Waals surface area contributed by atoms with E-state index in [9.17, 15) is 9.90 Å². The summed E-state index contributed by atoms with van der Waals surface area (Å²) in [7, 11) is -1.36. The van der Waals surface area contributed by atoms with Crippen LogP contribution in [-0.4, -0.2) is 54.8 Å². The number of hydrogen-bond acceptors (Lipinski definition) is 4. The van der Waals surface area contributed by atoms with E-state index in [4.69, 9.17) is 11.6 Å². The highest BCUT2D eigenvalue weighted by Crippen LogP contribution is 2.30. The van der Waals surface area contributed by atoms with Crippen LogP contribution in [0, 0.1) is 0 Å². The maximum atomic E-state index is 12.9. The molecule has 1 aliphatic heterocycles. The molecule has 8 heteroatoms. The first kappa shape index (κ1) is 23.6. The molecule has 0 saturated carbocycles. The summed E-state index contributed by atoms with van der Waals surface area (Å²) < 4.78 is 0. The van der Waals surface area contributed by atoms with Gasteiger partial charge in [-0.05, 0) is 39.0 Å². The fraction of sp³-hybridized carbons (Fsp3) is 0.478. The molecule has 2 N–H and O–H groups in total. The molecule has 3 rings (SSSR count). The minimum absolute atomic E-state index is 0.00170. The number of amides is 2. The maximum absolute atomic E-state index is 12.9. The largest absolute Gasteiger partial charge is 0.386 e. The van der Waals surface area contributed by atoms with Crippen LogP contribution in [-0.2, 0) is 5.60 Å². The molecule has 0 spiro atoms. The highest BCUT2D eigenvalue weighted by atomic mass is 35.5. The molecule has 0 bridgehead atoms. The van der Waals surface area contributed by atoms with Crippen molar-refractivity contribution >= 4 is 42.4 Å². The first-order chi connectivity index (χ1) is 14.4. The molecule has 2 amide bonds. The van der Waals surface area contributed by atoms with Crippen molar-refractivity contribution in [3.05, 3.63) is 47.1 Å². The molecular weight excluding hydrogens is 428 g/mol. The topological polar surface area (TPSA) is 68.7 Å². The number of carbonyl (C=O) groups is 1. The molecule has 6 nitrogen and oxygen atoms in total. The highest BCUT2D eigenvalue weighted by Gasteiger charge is 2.30. The molecule has 1 aromatic carbocycles. The van der Waals surface area contributed by atoms with Crippen LogP contribution in [0.15, 0.2) is 36.5 Å². The van der Waals surface area contributed by atoms with E-state index in [0.29, 0.717) is 36.0 Å². The number of aliphatic hydroxyl groups is 1. The van der Waals surface area contributed by atoms with E-state index in [0.717, 1.165) is 5.69 Å². The summed E-state index contributed by atoms with van der Waals surface area (Å²) in [6.07, 6.45) is 1.66. The number of rotatable bonds is 4. The van der Waals surface area contributed by atoms with Gasteiger partial charge in [0.05, 0.1) is 18.7 Å². The Balaban J connectivity index is 1.64. The van der Waals surface area contributed by atoms with E-state index in [1.807, 2.05) is 24.0 Å². The molecule has 168 valence electrons. The summed E-state index contributed by atoms with van der Waals surface area (Å²) >= 11 is 6.46. The quantitative estimate of drug-likeness (QED) is 0.669. The second kappa shape index (κ2) is 8.80. The van der Waals surface area contributed by atoms with Gasteiger partial charge in [-0.1, -0.05) is 48.6 Å². The number of benzene rings is 1. The van der Waals surface area contributed by atoms with E-state index in [1.54, 1.807) is 26.1 Å². The second-order valence-corrected chi connectivity index (χ2v) is 15.3. The smallest absolute Gasteiger partial charge is 0.322 e. The molecule has 0 aliphatic carbocycles. The fourth-order valence-electron chi connectivity index (χ4n) is 3.70. The van der Waals surface area contributed by atoms with Crippen molar-refractivity contribution < 1.29 is 9.90 Å². The standard InChI is InChI=1S/C23H33ClN4O2Si/c1-16-15-27(21-20(24)13-17(14-25-21)23(2,3)30)11-12-28(16)22(29)26-18-7-9-19(10-8-18)31(4,5)6/h7-10,13-14,16,30H,11-12,15H2,1-6H3,(H,26,29)/t16-/m1/s1. The van der Waals surface area contributed by atoms with Gasteiger partial charge in [-0.25, -0.2) is 9.78 Å². The predicted octanol–water partition coefficient (Wildman–Crippen LogP) is 4.25. The third-order valence-corrected chi connectivity index (χ3v) is 8.06. The molecule has 1 aliphatic rings. The second-order valence-electron chi connectivity index (χ2n) is 9.83. The third-order valence-electron chi connectivity index (χ3n) is 5.72. The Labute approximate surface area is 191 Å². The molecule has 2 heterocycles. The number of pyridine rings is 1. The van der Waals surface area contributed by atoms with Gasteiger partial charge in [0.25, 0.3) is 0 Å². The summed E-state index contributed by atoms with van der Waals surface area (Å²) in [6, 6.07) is 9.88. The molecule has 0 unspecified atom stereocenters. The fourth-order valence-corrected chi connectivity index (χ4v) is 5.15. The number of urea groups is 1. The van der Waals surface area contributed by atoms with Crippen molar-refractivity contribution in [2.75, 3.05) is 29.9 Å². The van der Waals surface area contributed by atoms with Gasteiger partial charge in [0.1, 0.15) is 5.82 Å². The van der Waals surface area contributed by atoms with Crippen LogP contribution >= 0.6 is 11.6 Å². The zero-order chi connectivity index (χ0) is 23.0. The molecule has 0 radical (unpaired) electrons. The van der Waals surface area contributed by atoms with E-state index >= 15 is 0 Å². The van der Waals surface area contributed by atoms with Gasteiger partial charge in [0.15, 0.2) is 0 Å². The molecule has 31 heavy (non-hydrogen) atoms. The van der Waals surface area contributed by atoms with Crippen LogP contribution in [0.3, 0.4) is 0 Å². The van der Waals surface area contributed by atoms with Gasteiger partial charge in [-0.15, -0.1) is 0 Å². The van der Waals surface area contributed by atoms with Gasteiger partial charge in [0.2, 0.25) is 0 Å². The summed E-state index contributed by atoms with van der Waals surface area (Å²) in [6.45, 7) is 14.2. The van der Waals surface area contributed by atoms with Crippen LogP contribution in [0.2, 0.25) is 24.7 Å². The van der Waals surface area contributed by atoms with Crippen LogP contribution in [0.25, 0.3) is 0 Å². The first-order valence-electron chi connectivity index (χ1n) is 10.7. The summed E-state index contributed by atoms with van der Waals surface area (Å²) in [5, 5.41) is 15.1. The average Bonchev–Trinajstić information content (AvgIpc) is 2.66. The van der Waals surface area contributed by atoms with Crippen molar-refractivity contribution in [3.63, 3.8) is 0 Å². The minimum Gasteiger partial charge on any atom is -0.386 e. The minimum atomic E-state index is -1.36. The molecule has 1 saturated heterocycles. The lowest BCUT2D eigenvalue weighted by molar-refractivity contribution is 0.0782. The molecular formula is C23H33ClN4O2Si. The van der Waals surface area contributed by atoms with Crippen molar-refractivity contribution in [2.45, 2.75) is 52.1 Å². The average molecular weight is 461 g/mol. The van der Waals surface area contributed by atoms with Crippen molar-refractivity contribution in [1.29, 1.82) is 0 Å².